The molecule has 0 amide bonds. The average molecular weight is 306 g/mol. The maximum atomic E-state index is 6.10. The molecule has 94 valence electrons. The van der Waals surface area contributed by atoms with E-state index in [9.17, 15) is 0 Å². The molecule has 0 saturated heterocycles. The summed E-state index contributed by atoms with van der Waals surface area (Å²) < 4.78 is 7.17. The lowest BCUT2D eigenvalue weighted by molar-refractivity contribution is 0.505. The van der Waals surface area contributed by atoms with Gasteiger partial charge in [0.25, 0.3) is 0 Å². The van der Waals surface area contributed by atoms with Gasteiger partial charge in [0.1, 0.15) is 11.3 Å². The predicted octanol–water partition coefficient (Wildman–Crippen LogP) is 4.32. The Morgan fingerprint density at radius 1 is 1.22 bits per heavy atom. The van der Waals surface area contributed by atoms with Crippen LogP contribution in [0.5, 0.6) is 0 Å². The Morgan fingerprint density at radius 3 is 2.78 bits per heavy atom. The number of nitrogens with one attached hydrogen (secondary N) is 1. The second-order valence-electron chi connectivity index (χ2n) is 5.48. The topological polar surface area (TPSA) is 25.2 Å². The van der Waals surface area contributed by atoms with Crippen LogP contribution in [0.2, 0.25) is 0 Å². The van der Waals surface area contributed by atoms with E-state index in [0.717, 1.165) is 34.3 Å². The van der Waals surface area contributed by atoms with Gasteiger partial charge in [0, 0.05) is 17.0 Å². The fourth-order valence-corrected chi connectivity index (χ4v) is 3.08. The first-order valence-electron chi connectivity index (χ1n) is 6.76. The minimum Gasteiger partial charge on any atom is -0.458 e. The van der Waals surface area contributed by atoms with Crippen molar-refractivity contribution in [1.29, 1.82) is 0 Å². The lowest BCUT2D eigenvalue weighted by Gasteiger charge is -2.02. The number of rotatable bonds is 4. The largest absolute Gasteiger partial charge is 0.458 e. The Balaban J connectivity index is 1.78. The van der Waals surface area contributed by atoms with Crippen molar-refractivity contribution in [3.63, 3.8) is 0 Å². The zero-order chi connectivity index (χ0) is 12.1. The van der Waals surface area contributed by atoms with Gasteiger partial charge in [0.05, 0.1) is 11.0 Å². The molecule has 2 aromatic rings. The third-order valence-electron chi connectivity index (χ3n) is 3.90. The maximum absolute atomic E-state index is 6.10. The van der Waals surface area contributed by atoms with Gasteiger partial charge in [0.2, 0.25) is 0 Å². The van der Waals surface area contributed by atoms with Crippen LogP contribution in [0.1, 0.15) is 42.9 Å². The van der Waals surface area contributed by atoms with E-state index in [-0.39, 0.29) is 0 Å². The minimum absolute atomic E-state index is 0.730. The molecular formula is C15H16BrNO. The summed E-state index contributed by atoms with van der Waals surface area (Å²) in [6.45, 7) is 0.887. The van der Waals surface area contributed by atoms with Crippen molar-refractivity contribution in [2.24, 2.45) is 0 Å². The van der Waals surface area contributed by atoms with E-state index in [4.69, 9.17) is 4.42 Å². The molecule has 0 spiro atoms. The summed E-state index contributed by atoms with van der Waals surface area (Å²) >= 11 is 3.59. The fraction of sp³-hybridized carbons (Fsp3) is 0.467. The van der Waals surface area contributed by atoms with E-state index >= 15 is 0 Å². The normalized spacial score (nSPS) is 19.6. The third kappa shape index (κ3) is 1.90. The highest BCUT2D eigenvalue weighted by molar-refractivity contribution is 9.10. The van der Waals surface area contributed by atoms with Crippen LogP contribution in [0, 0.1) is 0 Å². The highest BCUT2D eigenvalue weighted by atomic mass is 79.9. The van der Waals surface area contributed by atoms with Crippen LogP contribution in [0.4, 0.5) is 0 Å². The monoisotopic (exact) mass is 305 g/mol. The van der Waals surface area contributed by atoms with Gasteiger partial charge in [-0.25, -0.2) is 0 Å². The predicted molar refractivity (Wildman–Crippen MR) is 75.8 cm³/mol. The van der Waals surface area contributed by atoms with E-state index < -0.39 is 0 Å². The van der Waals surface area contributed by atoms with Crippen LogP contribution in [0.25, 0.3) is 11.0 Å². The van der Waals surface area contributed by atoms with E-state index in [0.29, 0.717) is 0 Å². The van der Waals surface area contributed by atoms with Gasteiger partial charge in [-0.05, 0) is 53.6 Å². The smallest absolute Gasteiger partial charge is 0.148 e. The SMILES string of the molecule is Brc1cccc2c(C3CC3)c(CNC3CC3)oc12. The van der Waals surface area contributed by atoms with Crippen LogP contribution in [-0.4, -0.2) is 6.04 Å². The molecule has 2 nitrogen and oxygen atoms in total. The summed E-state index contributed by atoms with van der Waals surface area (Å²) in [5.74, 6) is 1.89. The lowest BCUT2D eigenvalue weighted by Crippen LogP contribution is -2.15. The summed E-state index contributed by atoms with van der Waals surface area (Å²) in [5.41, 5.74) is 2.48. The van der Waals surface area contributed by atoms with Crippen LogP contribution in [-0.2, 0) is 6.54 Å². The molecule has 4 rings (SSSR count). The van der Waals surface area contributed by atoms with Crippen LogP contribution >= 0.6 is 15.9 Å². The van der Waals surface area contributed by atoms with Crippen LogP contribution in [0.15, 0.2) is 27.1 Å². The van der Waals surface area contributed by atoms with Gasteiger partial charge in [-0.1, -0.05) is 12.1 Å². The highest BCUT2D eigenvalue weighted by Crippen LogP contribution is 2.47. The molecule has 2 fully saturated rings. The molecule has 1 aromatic heterocycles. The van der Waals surface area contributed by atoms with E-state index in [1.54, 1.807) is 0 Å². The van der Waals surface area contributed by atoms with Crippen molar-refractivity contribution in [1.82, 2.24) is 5.32 Å². The zero-order valence-corrected chi connectivity index (χ0v) is 11.8. The molecule has 1 aromatic carbocycles. The van der Waals surface area contributed by atoms with E-state index in [2.05, 4.69) is 39.4 Å². The first-order valence-corrected chi connectivity index (χ1v) is 7.55. The Bertz CT molecular complexity index is 596. The van der Waals surface area contributed by atoms with Gasteiger partial charge in [0.15, 0.2) is 0 Å². The Morgan fingerprint density at radius 2 is 2.06 bits per heavy atom. The number of hydrogen-bond acceptors (Lipinski definition) is 2. The Labute approximate surface area is 115 Å². The fourth-order valence-electron chi connectivity index (χ4n) is 2.63. The number of fused-ring (bicyclic) bond motifs is 1. The van der Waals surface area contributed by atoms with Crippen molar-refractivity contribution in [2.75, 3.05) is 0 Å². The van der Waals surface area contributed by atoms with Crippen LogP contribution in [0.3, 0.4) is 0 Å². The van der Waals surface area contributed by atoms with E-state index in [1.165, 1.54) is 36.6 Å². The van der Waals surface area contributed by atoms with Crippen molar-refractivity contribution in [3.8, 4) is 0 Å². The van der Waals surface area contributed by atoms with Gasteiger partial charge >= 0.3 is 0 Å². The summed E-state index contributed by atoms with van der Waals surface area (Å²) in [7, 11) is 0. The zero-order valence-electron chi connectivity index (χ0n) is 10.2. The van der Waals surface area contributed by atoms with Gasteiger partial charge < -0.3 is 9.73 Å². The summed E-state index contributed by atoms with van der Waals surface area (Å²) in [6.07, 6.45) is 5.28. The highest BCUT2D eigenvalue weighted by Gasteiger charge is 2.31. The maximum Gasteiger partial charge on any atom is 0.148 e. The summed E-state index contributed by atoms with van der Waals surface area (Å²) in [5, 5.41) is 4.87. The molecule has 1 heterocycles. The van der Waals surface area contributed by atoms with Gasteiger partial charge in [-0.15, -0.1) is 0 Å². The molecule has 0 radical (unpaired) electrons. The van der Waals surface area contributed by atoms with Crippen molar-refractivity contribution in [3.05, 3.63) is 34.0 Å². The quantitative estimate of drug-likeness (QED) is 0.910. The third-order valence-corrected chi connectivity index (χ3v) is 4.52. The number of benzene rings is 1. The molecule has 3 heteroatoms. The number of furan rings is 1. The molecular weight excluding hydrogens is 290 g/mol. The molecule has 1 N–H and O–H groups in total. The average Bonchev–Trinajstić information content (AvgIpc) is 3.26. The minimum atomic E-state index is 0.730. The van der Waals surface area contributed by atoms with Gasteiger partial charge in [-0.2, -0.15) is 0 Å². The molecule has 2 aliphatic rings. The van der Waals surface area contributed by atoms with Crippen molar-refractivity contribution >= 4 is 26.9 Å². The molecule has 18 heavy (non-hydrogen) atoms. The van der Waals surface area contributed by atoms with Crippen molar-refractivity contribution < 1.29 is 4.42 Å². The molecule has 2 aliphatic carbocycles. The number of hydrogen-bond donors (Lipinski definition) is 1. The molecule has 0 atom stereocenters. The first-order chi connectivity index (χ1) is 8.83. The van der Waals surface area contributed by atoms with Crippen LogP contribution < -0.4 is 5.32 Å². The summed E-state index contributed by atoms with van der Waals surface area (Å²) in [6, 6.07) is 7.08. The Hall–Kier alpha value is -0.800. The lowest BCUT2D eigenvalue weighted by atomic mass is 10.1. The van der Waals surface area contributed by atoms with Gasteiger partial charge in [-0.3, -0.25) is 0 Å². The number of para-hydroxylation sites is 1. The number of halogens is 1. The standard InChI is InChI=1S/C15H16BrNO/c16-12-3-1-2-11-14(9-4-5-9)13(18-15(11)12)8-17-10-6-7-10/h1-3,9-10,17H,4-8H2. The second-order valence-corrected chi connectivity index (χ2v) is 6.34. The molecule has 2 saturated carbocycles. The van der Waals surface area contributed by atoms with E-state index in [1.807, 2.05) is 0 Å². The molecule has 0 bridgehead atoms. The molecule has 0 unspecified atom stereocenters. The summed E-state index contributed by atoms with van der Waals surface area (Å²) in [4.78, 5) is 0. The first kappa shape index (κ1) is 11.1. The van der Waals surface area contributed by atoms with Crippen molar-refractivity contribution in [2.45, 2.75) is 44.2 Å². The Kier molecular flexibility index (Phi) is 2.52. The second kappa shape index (κ2) is 4.10. The molecule has 0 aliphatic heterocycles.